The zero-order chi connectivity index (χ0) is 14.9. The summed E-state index contributed by atoms with van der Waals surface area (Å²) >= 11 is 0. The molecule has 1 aromatic heterocycles. The maximum atomic E-state index is 4.21. The summed E-state index contributed by atoms with van der Waals surface area (Å²) in [7, 11) is 1.78. The van der Waals surface area contributed by atoms with E-state index in [0.717, 1.165) is 30.3 Å². The van der Waals surface area contributed by atoms with E-state index in [1.54, 1.807) is 7.05 Å². The van der Waals surface area contributed by atoms with Crippen LogP contribution in [0.1, 0.15) is 25.3 Å². The highest BCUT2D eigenvalue weighted by atomic mass is 15.2. The minimum absolute atomic E-state index is 0.716. The SMILES string of the molecule is CCCCNC(=NC)NCc1cccc(-c2ncn[nH]2)c1. The summed E-state index contributed by atoms with van der Waals surface area (Å²) in [5.74, 6) is 1.61. The van der Waals surface area contributed by atoms with Crippen LogP contribution in [0.15, 0.2) is 35.6 Å². The first kappa shape index (κ1) is 15.0. The van der Waals surface area contributed by atoms with E-state index in [1.165, 1.54) is 18.3 Å². The Hall–Kier alpha value is -2.37. The fourth-order valence-corrected chi connectivity index (χ4v) is 1.96. The second-order valence-electron chi connectivity index (χ2n) is 4.74. The molecule has 2 aromatic rings. The Bertz CT molecular complexity index is 561. The van der Waals surface area contributed by atoms with Gasteiger partial charge in [0.2, 0.25) is 0 Å². The Morgan fingerprint density at radius 1 is 1.33 bits per heavy atom. The summed E-state index contributed by atoms with van der Waals surface area (Å²) in [6.45, 7) is 3.83. The second kappa shape index (κ2) is 8.04. The van der Waals surface area contributed by atoms with Gasteiger partial charge < -0.3 is 10.6 Å². The van der Waals surface area contributed by atoms with Crippen LogP contribution in [0, 0.1) is 0 Å². The maximum Gasteiger partial charge on any atom is 0.191 e. The summed E-state index contributed by atoms with van der Waals surface area (Å²) in [6, 6.07) is 8.19. The topological polar surface area (TPSA) is 78.0 Å². The number of aliphatic imine (C=N–C) groups is 1. The number of benzene rings is 1. The van der Waals surface area contributed by atoms with Crippen molar-refractivity contribution in [3.8, 4) is 11.4 Å². The number of nitrogens with one attached hydrogen (secondary N) is 3. The molecule has 1 heterocycles. The molecule has 1 aromatic carbocycles. The minimum atomic E-state index is 0.716. The molecule has 0 bridgehead atoms. The lowest BCUT2D eigenvalue weighted by atomic mass is 10.1. The van der Waals surface area contributed by atoms with E-state index in [1.807, 2.05) is 12.1 Å². The minimum Gasteiger partial charge on any atom is -0.356 e. The third-order valence-electron chi connectivity index (χ3n) is 3.12. The van der Waals surface area contributed by atoms with Crippen molar-refractivity contribution in [1.29, 1.82) is 0 Å². The van der Waals surface area contributed by atoms with Gasteiger partial charge in [-0.25, -0.2) is 4.98 Å². The molecule has 0 fully saturated rings. The normalized spacial score (nSPS) is 11.4. The van der Waals surface area contributed by atoms with E-state index in [2.05, 4.69) is 49.9 Å². The smallest absolute Gasteiger partial charge is 0.191 e. The van der Waals surface area contributed by atoms with E-state index in [-0.39, 0.29) is 0 Å². The van der Waals surface area contributed by atoms with E-state index in [4.69, 9.17) is 0 Å². The van der Waals surface area contributed by atoms with Gasteiger partial charge in [-0.15, -0.1) is 0 Å². The van der Waals surface area contributed by atoms with Crippen molar-refractivity contribution in [2.75, 3.05) is 13.6 Å². The molecule has 0 radical (unpaired) electrons. The van der Waals surface area contributed by atoms with Crippen LogP contribution in [0.2, 0.25) is 0 Å². The molecule has 0 aliphatic heterocycles. The first-order valence-electron chi connectivity index (χ1n) is 7.22. The highest BCUT2D eigenvalue weighted by Crippen LogP contribution is 2.15. The fourth-order valence-electron chi connectivity index (χ4n) is 1.96. The van der Waals surface area contributed by atoms with Crippen LogP contribution < -0.4 is 10.6 Å². The third kappa shape index (κ3) is 4.59. The van der Waals surface area contributed by atoms with Crippen molar-refractivity contribution in [3.05, 3.63) is 36.2 Å². The standard InChI is InChI=1S/C15H22N6/c1-3-4-8-17-15(16-2)18-10-12-6-5-7-13(9-12)14-19-11-20-21-14/h5-7,9,11H,3-4,8,10H2,1-2H3,(H2,16,17,18)(H,19,20,21). The molecule has 0 unspecified atom stereocenters. The van der Waals surface area contributed by atoms with Crippen LogP contribution in [0.3, 0.4) is 0 Å². The van der Waals surface area contributed by atoms with Crippen LogP contribution in [-0.2, 0) is 6.54 Å². The Morgan fingerprint density at radius 2 is 2.24 bits per heavy atom. The molecular formula is C15H22N6. The van der Waals surface area contributed by atoms with Crippen molar-refractivity contribution < 1.29 is 0 Å². The molecule has 112 valence electrons. The zero-order valence-electron chi connectivity index (χ0n) is 12.6. The number of H-pyrrole nitrogens is 1. The van der Waals surface area contributed by atoms with Crippen molar-refractivity contribution in [3.63, 3.8) is 0 Å². The number of aromatic amines is 1. The molecule has 2 rings (SSSR count). The average Bonchev–Trinajstić information content (AvgIpc) is 3.05. The molecule has 21 heavy (non-hydrogen) atoms. The molecule has 0 saturated heterocycles. The largest absolute Gasteiger partial charge is 0.356 e. The predicted octanol–water partition coefficient (Wildman–Crippen LogP) is 1.94. The van der Waals surface area contributed by atoms with E-state index < -0.39 is 0 Å². The van der Waals surface area contributed by atoms with Gasteiger partial charge in [0, 0.05) is 25.7 Å². The average molecular weight is 286 g/mol. The van der Waals surface area contributed by atoms with Crippen molar-refractivity contribution in [2.24, 2.45) is 4.99 Å². The van der Waals surface area contributed by atoms with Crippen LogP contribution in [-0.4, -0.2) is 34.7 Å². The van der Waals surface area contributed by atoms with Crippen LogP contribution >= 0.6 is 0 Å². The van der Waals surface area contributed by atoms with Gasteiger partial charge in [-0.3, -0.25) is 10.1 Å². The van der Waals surface area contributed by atoms with E-state index in [0.29, 0.717) is 6.54 Å². The van der Waals surface area contributed by atoms with Crippen molar-refractivity contribution in [2.45, 2.75) is 26.3 Å². The van der Waals surface area contributed by atoms with Gasteiger partial charge in [-0.1, -0.05) is 31.5 Å². The first-order valence-corrected chi connectivity index (χ1v) is 7.22. The van der Waals surface area contributed by atoms with Crippen molar-refractivity contribution in [1.82, 2.24) is 25.8 Å². The highest BCUT2D eigenvalue weighted by molar-refractivity contribution is 5.79. The molecule has 0 saturated carbocycles. The Labute approximate surface area is 125 Å². The summed E-state index contributed by atoms with van der Waals surface area (Å²) in [5.41, 5.74) is 2.20. The molecule has 6 heteroatoms. The third-order valence-corrected chi connectivity index (χ3v) is 3.12. The molecule has 0 atom stereocenters. The number of guanidine groups is 1. The van der Waals surface area contributed by atoms with E-state index >= 15 is 0 Å². The second-order valence-corrected chi connectivity index (χ2v) is 4.74. The number of hydrogen-bond donors (Lipinski definition) is 3. The number of aromatic nitrogens is 3. The number of rotatable bonds is 6. The number of hydrogen-bond acceptors (Lipinski definition) is 3. The molecule has 0 aliphatic carbocycles. The lowest BCUT2D eigenvalue weighted by Crippen LogP contribution is -2.37. The lowest BCUT2D eigenvalue weighted by Gasteiger charge is -2.12. The Morgan fingerprint density at radius 3 is 2.95 bits per heavy atom. The monoisotopic (exact) mass is 286 g/mol. The quantitative estimate of drug-likeness (QED) is 0.431. The maximum absolute atomic E-state index is 4.21. The fraction of sp³-hybridized carbons (Fsp3) is 0.400. The van der Waals surface area contributed by atoms with Crippen LogP contribution in [0.25, 0.3) is 11.4 Å². The van der Waals surface area contributed by atoms with Gasteiger partial charge in [0.15, 0.2) is 11.8 Å². The highest BCUT2D eigenvalue weighted by Gasteiger charge is 2.02. The Balaban J connectivity index is 1.92. The Kier molecular flexibility index (Phi) is 5.75. The first-order chi connectivity index (χ1) is 10.3. The van der Waals surface area contributed by atoms with Gasteiger partial charge in [0.05, 0.1) is 0 Å². The molecular weight excluding hydrogens is 264 g/mol. The van der Waals surface area contributed by atoms with Crippen LogP contribution in [0.4, 0.5) is 0 Å². The van der Waals surface area contributed by atoms with Crippen LogP contribution in [0.5, 0.6) is 0 Å². The zero-order valence-corrected chi connectivity index (χ0v) is 12.6. The molecule has 3 N–H and O–H groups in total. The number of nitrogens with zero attached hydrogens (tertiary/aromatic N) is 3. The summed E-state index contributed by atoms with van der Waals surface area (Å²) in [5, 5.41) is 13.4. The molecule has 6 nitrogen and oxygen atoms in total. The summed E-state index contributed by atoms with van der Waals surface area (Å²) < 4.78 is 0. The molecule has 0 amide bonds. The van der Waals surface area contributed by atoms with E-state index in [9.17, 15) is 0 Å². The van der Waals surface area contributed by atoms with Gasteiger partial charge in [-0.2, -0.15) is 5.10 Å². The number of unbranched alkanes of at least 4 members (excludes halogenated alkanes) is 1. The van der Waals surface area contributed by atoms with Gasteiger partial charge in [0.25, 0.3) is 0 Å². The predicted molar refractivity (Wildman–Crippen MR) is 84.9 cm³/mol. The van der Waals surface area contributed by atoms with Crippen molar-refractivity contribution >= 4 is 5.96 Å². The lowest BCUT2D eigenvalue weighted by molar-refractivity contribution is 0.729. The van der Waals surface area contributed by atoms with Gasteiger partial charge >= 0.3 is 0 Å². The molecule has 0 spiro atoms. The summed E-state index contributed by atoms with van der Waals surface area (Å²) in [6.07, 6.45) is 3.82. The van der Waals surface area contributed by atoms with Gasteiger partial charge in [0.1, 0.15) is 6.33 Å². The molecule has 0 aliphatic rings. The summed E-state index contributed by atoms with van der Waals surface area (Å²) in [4.78, 5) is 8.38. The van der Waals surface area contributed by atoms with Gasteiger partial charge in [-0.05, 0) is 18.1 Å².